The van der Waals surface area contributed by atoms with E-state index in [2.05, 4.69) is 5.32 Å². The van der Waals surface area contributed by atoms with E-state index in [9.17, 15) is 14.0 Å². The lowest BCUT2D eigenvalue weighted by molar-refractivity contribution is -0.138. The minimum Gasteiger partial charge on any atom is -0.340 e. The topological polar surface area (TPSA) is 49.4 Å². The van der Waals surface area contributed by atoms with Crippen LogP contribution in [0.5, 0.6) is 0 Å². The molecule has 2 atom stereocenters. The van der Waals surface area contributed by atoms with Gasteiger partial charge in [-0.1, -0.05) is 11.6 Å². The molecule has 2 aliphatic rings. The SMILES string of the molecule is CC1C(=O)NC(C)(C2CC2)C(=O)N1c1ccc(F)cc1Cl. The Morgan fingerprint density at radius 3 is 2.62 bits per heavy atom. The number of piperazine rings is 1. The highest BCUT2D eigenvalue weighted by atomic mass is 35.5. The third-order valence-corrected chi connectivity index (χ3v) is 4.68. The predicted octanol–water partition coefficient (Wildman–Crippen LogP) is 2.50. The van der Waals surface area contributed by atoms with Gasteiger partial charge in [-0.05, 0) is 50.8 Å². The summed E-state index contributed by atoms with van der Waals surface area (Å²) >= 11 is 6.06. The van der Waals surface area contributed by atoms with Gasteiger partial charge in [0, 0.05) is 0 Å². The van der Waals surface area contributed by atoms with Crippen molar-refractivity contribution in [1.82, 2.24) is 5.32 Å². The Kier molecular flexibility index (Phi) is 3.20. The summed E-state index contributed by atoms with van der Waals surface area (Å²) in [6, 6.07) is 3.16. The molecule has 1 N–H and O–H groups in total. The fourth-order valence-electron chi connectivity index (χ4n) is 2.89. The van der Waals surface area contributed by atoms with E-state index >= 15 is 0 Å². The maximum atomic E-state index is 13.2. The normalized spacial score (nSPS) is 29.5. The molecule has 112 valence electrons. The first-order chi connectivity index (χ1) is 9.84. The lowest BCUT2D eigenvalue weighted by Gasteiger charge is -2.43. The van der Waals surface area contributed by atoms with Crippen LogP contribution >= 0.6 is 11.6 Å². The molecule has 21 heavy (non-hydrogen) atoms. The number of nitrogens with zero attached hydrogens (tertiary/aromatic N) is 1. The minimum absolute atomic E-state index is 0.128. The summed E-state index contributed by atoms with van der Waals surface area (Å²) in [6.07, 6.45) is 1.84. The molecule has 1 saturated heterocycles. The molecule has 1 saturated carbocycles. The Labute approximate surface area is 127 Å². The Morgan fingerprint density at radius 1 is 1.38 bits per heavy atom. The molecule has 2 amide bonds. The van der Waals surface area contributed by atoms with Gasteiger partial charge < -0.3 is 5.32 Å². The number of hydrogen-bond acceptors (Lipinski definition) is 2. The Bertz CT molecular complexity index is 632. The lowest BCUT2D eigenvalue weighted by atomic mass is 9.89. The van der Waals surface area contributed by atoms with Crippen LogP contribution in [0.25, 0.3) is 0 Å². The van der Waals surface area contributed by atoms with Gasteiger partial charge in [-0.15, -0.1) is 0 Å². The molecule has 0 bridgehead atoms. The number of benzene rings is 1. The molecule has 1 aliphatic carbocycles. The van der Waals surface area contributed by atoms with E-state index in [4.69, 9.17) is 11.6 Å². The van der Waals surface area contributed by atoms with Gasteiger partial charge in [-0.3, -0.25) is 14.5 Å². The largest absolute Gasteiger partial charge is 0.340 e. The standard InChI is InChI=1S/C15H16ClFN2O2/c1-8-13(20)18-15(2,9-3-4-9)14(21)19(8)12-6-5-10(17)7-11(12)16/h5-9H,3-4H2,1-2H3,(H,18,20). The molecule has 1 heterocycles. The molecule has 0 radical (unpaired) electrons. The number of nitrogens with one attached hydrogen (secondary N) is 1. The first-order valence-corrected chi connectivity index (χ1v) is 7.33. The van der Waals surface area contributed by atoms with Crippen molar-refractivity contribution in [3.63, 3.8) is 0 Å². The van der Waals surface area contributed by atoms with Crippen LogP contribution in [0.3, 0.4) is 0 Å². The number of halogens is 2. The van der Waals surface area contributed by atoms with Gasteiger partial charge in [-0.25, -0.2) is 4.39 Å². The van der Waals surface area contributed by atoms with Crippen molar-refractivity contribution in [3.05, 3.63) is 29.0 Å². The van der Waals surface area contributed by atoms with Gasteiger partial charge in [0.25, 0.3) is 5.91 Å². The summed E-state index contributed by atoms with van der Waals surface area (Å²) in [4.78, 5) is 26.5. The Hall–Kier alpha value is -1.62. The summed E-state index contributed by atoms with van der Waals surface area (Å²) in [5, 5.41) is 2.97. The van der Waals surface area contributed by atoms with Crippen LogP contribution in [0.2, 0.25) is 5.02 Å². The van der Waals surface area contributed by atoms with Crippen molar-refractivity contribution in [2.75, 3.05) is 4.90 Å². The molecule has 3 rings (SSSR count). The van der Waals surface area contributed by atoms with E-state index in [1.807, 2.05) is 0 Å². The third-order valence-electron chi connectivity index (χ3n) is 4.38. The highest BCUT2D eigenvalue weighted by Gasteiger charge is 2.55. The molecule has 0 aromatic heterocycles. The number of carbonyl (C=O) groups excluding carboxylic acids is 2. The highest BCUT2D eigenvalue weighted by Crippen LogP contribution is 2.43. The molecule has 1 aromatic carbocycles. The van der Waals surface area contributed by atoms with E-state index in [0.29, 0.717) is 5.69 Å². The average molecular weight is 311 g/mol. The van der Waals surface area contributed by atoms with Crippen LogP contribution in [-0.4, -0.2) is 23.4 Å². The monoisotopic (exact) mass is 310 g/mol. The number of hydrogen-bond donors (Lipinski definition) is 1. The second kappa shape index (κ2) is 4.70. The van der Waals surface area contributed by atoms with Crippen LogP contribution < -0.4 is 10.2 Å². The summed E-state index contributed by atoms with van der Waals surface area (Å²) in [5.41, 5.74) is -0.529. The number of carbonyl (C=O) groups is 2. The van der Waals surface area contributed by atoms with Crippen LogP contribution in [-0.2, 0) is 9.59 Å². The predicted molar refractivity (Wildman–Crippen MR) is 77.6 cm³/mol. The van der Waals surface area contributed by atoms with E-state index < -0.39 is 17.4 Å². The summed E-state index contributed by atoms with van der Waals surface area (Å²) in [5.74, 6) is -0.728. The second-order valence-electron chi connectivity index (χ2n) is 5.91. The van der Waals surface area contributed by atoms with Crippen molar-refractivity contribution in [3.8, 4) is 0 Å². The maximum absolute atomic E-state index is 13.2. The van der Waals surface area contributed by atoms with Gasteiger partial charge in [0.15, 0.2) is 0 Å². The molecular formula is C15H16ClFN2O2. The van der Waals surface area contributed by atoms with Gasteiger partial charge >= 0.3 is 0 Å². The molecule has 1 aromatic rings. The first kappa shape index (κ1) is 14.3. The average Bonchev–Trinajstić information content (AvgIpc) is 3.24. The third kappa shape index (κ3) is 2.20. The zero-order valence-electron chi connectivity index (χ0n) is 11.8. The van der Waals surface area contributed by atoms with Crippen molar-refractivity contribution in [2.24, 2.45) is 5.92 Å². The highest BCUT2D eigenvalue weighted by molar-refractivity contribution is 6.34. The smallest absolute Gasteiger partial charge is 0.253 e. The molecular weight excluding hydrogens is 295 g/mol. The number of rotatable bonds is 2. The number of amides is 2. The molecule has 4 nitrogen and oxygen atoms in total. The van der Waals surface area contributed by atoms with E-state index in [-0.39, 0.29) is 22.8 Å². The van der Waals surface area contributed by atoms with Crippen LogP contribution in [0, 0.1) is 11.7 Å². The molecule has 2 unspecified atom stereocenters. The van der Waals surface area contributed by atoms with Gasteiger partial charge in [0.05, 0.1) is 10.7 Å². The number of anilines is 1. The summed E-state index contributed by atoms with van der Waals surface area (Å²) in [7, 11) is 0. The second-order valence-corrected chi connectivity index (χ2v) is 6.32. The Balaban J connectivity index is 2.05. The van der Waals surface area contributed by atoms with E-state index in [0.717, 1.165) is 18.9 Å². The molecule has 0 spiro atoms. The Morgan fingerprint density at radius 2 is 2.05 bits per heavy atom. The van der Waals surface area contributed by atoms with Crippen LogP contribution in [0.4, 0.5) is 10.1 Å². The van der Waals surface area contributed by atoms with E-state index in [1.165, 1.54) is 17.0 Å². The van der Waals surface area contributed by atoms with Crippen molar-refractivity contribution < 1.29 is 14.0 Å². The quantitative estimate of drug-likeness (QED) is 0.912. The van der Waals surface area contributed by atoms with Gasteiger partial charge in [-0.2, -0.15) is 0 Å². The van der Waals surface area contributed by atoms with Gasteiger partial charge in [0.2, 0.25) is 5.91 Å². The van der Waals surface area contributed by atoms with Crippen molar-refractivity contribution >= 4 is 29.1 Å². The zero-order chi connectivity index (χ0) is 15.4. The lowest BCUT2D eigenvalue weighted by Crippen LogP contribution is -2.70. The van der Waals surface area contributed by atoms with Crippen LogP contribution in [0.15, 0.2) is 18.2 Å². The first-order valence-electron chi connectivity index (χ1n) is 6.95. The molecule has 6 heteroatoms. The fourth-order valence-corrected chi connectivity index (χ4v) is 3.15. The zero-order valence-corrected chi connectivity index (χ0v) is 12.6. The van der Waals surface area contributed by atoms with Crippen LogP contribution in [0.1, 0.15) is 26.7 Å². The summed E-state index contributed by atoms with van der Waals surface area (Å²) in [6.45, 7) is 3.39. The molecule has 1 aliphatic heterocycles. The molecule has 2 fully saturated rings. The summed E-state index contributed by atoms with van der Waals surface area (Å²) < 4.78 is 13.2. The fraction of sp³-hybridized carbons (Fsp3) is 0.467. The van der Waals surface area contributed by atoms with Crippen molar-refractivity contribution in [1.29, 1.82) is 0 Å². The van der Waals surface area contributed by atoms with Gasteiger partial charge in [0.1, 0.15) is 17.4 Å². The van der Waals surface area contributed by atoms with E-state index in [1.54, 1.807) is 13.8 Å². The van der Waals surface area contributed by atoms with Crippen molar-refractivity contribution in [2.45, 2.75) is 38.3 Å². The minimum atomic E-state index is -0.901. The maximum Gasteiger partial charge on any atom is 0.253 e.